The molecule has 2 N–H and O–H groups in total. The summed E-state index contributed by atoms with van der Waals surface area (Å²) in [7, 11) is 0. The summed E-state index contributed by atoms with van der Waals surface area (Å²) in [5.41, 5.74) is 0. The van der Waals surface area contributed by atoms with Gasteiger partial charge < -0.3 is 5.32 Å². The SMILES string of the molecule is O=C(CSc1ccccc1Cl)NC(=O)NCc1cccs1. The van der Waals surface area contributed by atoms with Crippen molar-refractivity contribution in [2.75, 3.05) is 5.75 Å². The van der Waals surface area contributed by atoms with Gasteiger partial charge in [0.25, 0.3) is 0 Å². The summed E-state index contributed by atoms with van der Waals surface area (Å²) < 4.78 is 0. The quantitative estimate of drug-likeness (QED) is 0.819. The largest absolute Gasteiger partial charge is 0.333 e. The molecule has 0 saturated heterocycles. The van der Waals surface area contributed by atoms with E-state index in [1.165, 1.54) is 11.8 Å². The van der Waals surface area contributed by atoms with E-state index in [2.05, 4.69) is 10.6 Å². The molecule has 0 radical (unpaired) electrons. The number of halogens is 1. The van der Waals surface area contributed by atoms with Crippen molar-refractivity contribution < 1.29 is 9.59 Å². The summed E-state index contributed by atoms with van der Waals surface area (Å²) >= 11 is 8.83. The van der Waals surface area contributed by atoms with E-state index in [0.717, 1.165) is 9.77 Å². The third kappa shape index (κ3) is 5.41. The van der Waals surface area contributed by atoms with E-state index in [4.69, 9.17) is 11.6 Å². The lowest BCUT2D eigenvalue weighted by atomic mass is 10.4. The van der Waals surface area contributed by atoms with Crippen molar-refractivity contribution in [1.82, 2.24) is 10.6 Å². The zero-order valence-corrected chi connectivity index (χ0v) is 13.4. The third-order valence-electron chi connectivity index (χ3n) is 2.45. The second-order valence-electron chi connectivity index (χ2n) is 4.03. The standard InChI is InChI=1S/C14H13ClN2O2S2/c15-11-5-1-2-6-12(11)21-9-13(18)17-14(19)16-8-10-4-3-7-20-10/h1-7H,8-9H2,(H2,16,17,18,19). The third-order valence-corrected chi connectivity index (χ3v) is 4.84. The molecule has 1 heterocycles. The van der Waals surface area contributed by atoms with Crippen molar-refractivity contribution in [2.45, 2.75) is 11.4 Å². The lowest BCUT2D eigenvalue weighted by molar-refractivity contribution is -0.117. The Balaban J connectivity index is 1.71. The van der Waals surface area contributed by atoms with Crippen molar-refractivity contribution in [2.24, 2.45) is 0 Å². The summed E-state index contributed by atoms with van der Waals surface area (Å²) in [4.78, 5) is 25.1. The molecule has 7 heteroatoms. The predicted molar refractivity (Wildman–Crippen MR) is 86.9 cm³/mol. The van der Waals surface area contributed by atoms with Crippen LogP contribution >= 0.6 is 34.7 Å². The second-order valence-corrected chi connectivity index (χ2v) is 6.49. The first-order valence-corrected chi connectivity index (χ1v) is 8.37. The summed E-state index contributed by atoms with van der Waals surface area (Å²) in [5, 5.41) is 7.44. The molecule has 0 aliphatic heterocycles. The molecule has 21 heavy (non-hydrogen) atoms. The zero-order valence-electron chi connectivity index (χ0n) is 11.0. The van der Waals surface area contributed by atoms with E-state index >= 15 is 0 Å². The number of hydrogen-bond donors (Lipinski definition) is 2. The number of nitrogens with one attached hydrogen (secondary N) is 2. The highest BCUT2D eigenvalue weighted by atomic mass is 35.5. The topological polar surface area (TPSA) is 58.2 Å². The molecule has 0 spiro atoms. The van der Waals surface area contributed by atoms with Gasteiger partial charge in [0.05, 0.1) is 17.3 Å². The Labute approximate surface area is 135 Å². The van der Waals surface area contributed by atoms with Gasteiger partial charge in [-0.25, -0.2) is 4.79 Å². The molecule has 0 aliphatic rings. The zero-order chi connectivity index (χ0) is 15.1. The van der Waals surface area contributed by atoms with Crippen LogP contribution in [0, 0.1) is 0 Å². The van der Waals surface area contributed by atoms with E-state index < -0.39 is 6.03 Å². The predicted octanol–water partition coefficient (Wildman–Crippen LogP) is 3.52. The lowest BCUT2D eigenvalue weighted by Gasteiger charge is -2.06. The maximum Gasteiger partial charge on any atom is 0.321 e. The van der Waals surface area contributed by atoms with Crippen molar-refractivity contribution in [3.05, 3.63) is 51.7 Å². The normalized spacial score (nSPS) is 10.1. The minimum atomic E-state index is -0.492. The minimum Gasteiger partial charge on any atom is -0.333 e. The Morgan fingerprint density at radius 1 is 1.19 bits per heavy atom. The van der Waals surface area contributed by atoms with Crippen LogP contribution in [-0.4, -0.2) is 17.7 Å². The first-order chi connectivity index (χ1) is 10.1. The Morgan fingerprint density at radius 3 is 2.71 bits per heavy atom. The van der Waals surface area contributed by atoms with Gasteiger partial charge in [0.2, 0.25) is 5.91 Å². The molecular weight excluding hydrogens is 328 g/mol. The average Bonchev–Trinajstić information content (AvgIpc) is 2.97. The molecule has 0 fully saturated rings. The van der Waals surface area contributed by atoms with E-state index in [9.17, 15) is 9.59 Å². The summed E-state index contributed by atoms with van der Waals surface area (Å²) in [6.07, 6.45) is 0. The molecule has 0 atom stereocenters. The molecular formula is C14H13ClN2O2S2. The molecule has 0 aliphatic carbocycles. The fourth-order valence-corrected chi connectivity index (χ4v) is 3.18. The van der Waals surface area contributed by atoms with Gasteiger partial charge in [-0.05, 0) is 23.6 Å². The number of benzene rings is 1. The molecule has 110 valence electrons. The first kappa shape index (κ1) is 15.9. The summed E-state index contributed by atoms with van der Waals surface area (Å²) in [5.74, 6) is -0.223. The van der Waals surface area contributed by atoms with Crippen LogP contribution in [0.5, 0.6) is 0 Å². The monoisotopic (exact) mass is 340 g/mol. The maximum absolute atomic E-state index is 11.7. The number of rotatable bonds is 5. The highest BCUT2D eigenvalue weighted by molar-refractivity contribution is 8.00. The highest BCUT2D eigenvalue weighted by Crippen LogP contribution is 2.26. The molecule has 2 rings (SSSR count). The second kappa shape index (κ2) is 8.07. The van der Waals surface area contributed by atoms with Gasteiger partial charge in [-0.15, -0.1) is 23.1 Å². The lowest BCUT2D eigenvalue weighted by Crippen LogP contribution is -2.39. The average molecular weight is 341 g/mol. The molecule has 1 aromatic heterocycles. The fourth-order valence-electron chi connectivity index (χ4n) is 1.49. The number of imide groups is 1. The van der Waals surface area contributed by atoms with Gasteiger partial charge in [0.15, 0.2) is 0 Å². The van der Waals surface area contributed by atoms with Crippen LogP contribution in [-0.2, 0) is 11.3 Å². The molecule has 0 saturated carbocycles. The van der Waals surface area contributed by atoms with Crippen LogP contribution in [0.1, 0.15) is 4.88 Å². The Kier molecular flexibility index (Phi) is 6.10. The Bertz CT molecular complexity index is 617. The van der Waals surface area contributed by atoms with Crippen LogP contribution in [0.25, 0.3) is 0 Å². The van der Waals surface area contributed by atoms with Gasteiger partial charge in [0, 0.05) is 9.77 Å². The van der Waals surface area contributed by atoms with Gasteiger partial charge in [-0.3, -0.25) is 10.1 Å². The van der Waals surface area contributed by atoms with E-state index in [0.29, 0.717) is 11.6 Å². The highest BCUT2D eigenvalue weighted by Gasteiger charge is 2.09. The van der Waals surface area contributed by atoms with Gasteiger partial charge >= 0.3 is 6.03 Å². The van der Waals surface area contributed by atoms with Crippen molar-refractivity contribution in [3.8, 4) is 0 Å². The number of carbonyl (C=O) groups excluding carboxylic acids is 2. The van der Waals surface area contributed by atoms with Crippen LogP contribution in [0.4, 0.5) is 4.79 Å². The van der Waals surface area contributed by atoms with E-state index in [1.54, 1.807) is 17.4 Å². The first-order valence-electron chi connectivity index (χ1n) is 6.12. The Morgan fingerprint density at radius 2 is 2.00 bits per heavy atom. The van der Waals surface area contributed by atoms with Crippen LogP contribution in [0.15, 0.2) is 46.7 Å². The summed E-state index contributed by atoms with van der Waals surface area (Å²) in [6, 6.07) is 10.6. The van der Waals surface area contributed by atoms with Gasteiger partial charge in [-0.1, -0.05) is 29.8 Å². The molecule has 2 aromatic rings. The van der Waals surface area contributed by atoms with E-state index in [-0.39, 0.29) is 11.7 Å². The fraction of sp³-hybridized carbons (Fsp3) is 0.143. The molecule has 3 amide bonds. The molecule has 0 bridgehead atoms. The van der Waals surface area contributed by atoms with Gasteiger partial charge in [-0.2, -0.15) is 0 Å². The van der Waals surface area contributed by atoms with E-state index in [1.807, 2.05) is 35.7 Å². The number of thioether (sulfide) groups is 1. The molecule has 4 nitrogen and oxygen atoms in total. The number of carbonyl (C=O) groups is 2. The van der Waals surface area contributed by atoms with Crippen LogP contribution in [0.2, 0.25) is 5.02 Å². The van der Waals surface area contributed by atoms with Crippen molar-refractivity contribution >= 4 is 46.6 Å². The van der Waals surface area contributed by atoms with Gasteiger partial charge in [0.1, 0.15) is 0 Å². The summed E-state index contributed by atoms with van der Waals surface area (Å²) in [6.45, 7) is 0.411. The van der Waals surface area contributed by atoms with Crippen molar-refractivity contribution in [3.63, 3.8) is 0 Å². The van der Waals surface area contributed by atoms with Crippen LogP contribution in [0.3, 0.4) is 0 Å². The molecule has 0 unspecified atom stereocenters. The molecule has 1 aromatic carbocycles. The number of hydrogen-bond acceptors (Lipinski definition) is 4. The number of urea groups is 1. The number of amides is 3. The number of thiophene rings is 1. The maximum atomic E-state index is 11.7. The van der Waals surface area contributed by atoms with Crippen LogP contribution < -0.4 is 10.6 Å². The minimum absolute atomic E-state index is 0.135. The smallest absolute Gasteiger partial charge is 0.321 e. The van der Waals surface area contributed by atoms with Crippen molar-refractivity contribution in [1.29, 1.82) is 0 Å². The Hall–Kier alpha value is -1.50.